The van der Waals surface area contributed by atoms with Crippen LogP contribution in [0.5, 0.6) is 11.5 Å². The largest absolute Gasteiger partial charge is 0.494 e. The van der Waals surface area contributed by atoms with Gasteiger partial charge in [0.05, 0.1) is 48.1 Å². The van der Waals surface area contributed by atoms with E-state index in [1.807, 2.05) is 158 Å². The summed E-state index contributed by atoms with van der Waals surface area (Å²) in [4.78, 5) is 46.2. The van der Waals surface area contributed by atoms with Crippen molar-refractivity contribution in [1.82, 2.24) is 0 Å². The third kappa shape index (κ3) is 7.37. The van der Waals surface area contributed by atoms with Crippen LogP contribution in [0, 0.1) is 0 Å². The number of hydrogen-bond acceptors (Lipinski definition) is 9. The summed E-state index contributed by atoms with van der Waals surface area (Å²) in [5.74, 6) is -0.178. The summed E-state index contributed by atoms with van der Waals surface area (Å²) in [5.41, 5.74) is 6.26. The molecule has 0 N–H and O–H groups in total. The number of carbonyl (C=O) groups excluding carboxylic acids is 3. The van der Waals surface area contributed by atoms with Crippen molar-refractivity contribution < 1.29 is 23.9 Å². The smallest absolute Gasteiger partial charge is 0.261 e. The van der Waals surface area contributed by atoms with Gasteiger partial charge in [0, 0.05) is 46.8 Å². The SMILES string of the molecule is COc1c(C(=O)N(C)c2cccc3ccccc23)cc2ccccc2c1N=Nc1ccc2c(c1)C(=O)c1cc(N=Nc3c(OC)c(C(=O)N(C)c4cccc5ccccc45)cc4ccccc34)ccc1-2. The quantitative estimate of drug-likeness (QED) is 0.126. The Hall–Kier alpha value is -9.35. The van der Waals surface area contributed by atoms with Crippen LogP contribution < -0.4 is 19.3 Å². The second-order valence-corrected chi connectivity index (χ2v) is 17.0. The number of methoxy groups -OCH3 is 2. The number of azo groups is 2. The number of hydrogen-bond donors (Lipinski definition) is 0. The number of ketones is 1. The van der Waals surface area contributed by atoms with E-state index < -0.39 is 0 Å². The van der Waals surface area contributed by atoms with Crippen molar-refractivity contribution in [2.24, 2.45) is 20.5 Å². The molecule has 0 bridgehead atoms. The number of rotatable bonds is 10. The Labute approximate surface area is 402 Å². The van der Waals surface area contributed by atoms with Crippen LogP contribution in [0.3, 0.4) is 0 Å². The van der Waals surface area contributed by atoms with Gasteiger partial charge in [-0.3, -0.25) is 14.4 Å². The van der Waals surface area contributed by atoms with Crippen molar-refractivity contribution in [2.45, 2.75) is 0 Å². The predicted molar refractivity (Wildman–Crippen MR) is 278 cm³/mol. The molecule has 2 amide bonds. The number of amides is 2. The molecule has 70 heavy (non-hydrogen) atoms. The van der Waals surface area contributed by atoms with E-state index in [1.54, 1.807) is 48.2 Å². The number of ether oxygens (including phenoxy) is 2. The molecule has 0 saturated carbocycles. The number of carbonyl (C=O) groups is 3. The summed E-state index contributed by atoms with van der Waals surface area (Å²) >= 11 is 0. The Kier molecular flexibility index (Phi) is 10.9. The Morgan fingerprint density at radius 2 is 0.771 bits per heavy atom. The minimum atomic E-state index is -0.271. The van der Waals surface area contributed by atoms with Crippen molar-refractivity contribution in [3.05, 3.63) is 204 Å². The van der Waals surface area contributed by atoms with E-state index in [0.29, 0.717) is 45.0 Å². The molecule has 0 spiro atoms. The molecule has 0 unspecified atom stereocenters. The predicted octanol–water partition coefficient (Wildman–Crippen LogP) is 14.9. The Morgan fingerprint density at radius 3 is 1.19 bits per heavy atom. The zero-order chi connectivity index (χ0) is 48.0. The topological polar surface area (TPSA) is 126 Å². The Morgan fingerprint density at radius 1 is 0.400 bits per heavy atom. The minimum Gasteiger partial charge on any atom is -0.494 e. The van der Waals surface area contributed by atoms with E-state index >= 15 is 0 Å². The third-order valence-electron chi connectivity index (χ3n) is 13.0. The van der Waals surface area contributed by atoms with E-state index in [4.69, 9.17) is 19.7 Å². The van der Waals surface area contributed by atoms with Gasteiger partial charge >= 0.3 is 0 Å². The van der Waals surface area contributed by atoms with Crippen LogP contribution in [0.25, 0.3) is 54.2 Å². The molecule has 338 valence electrons. The van der Waals surface area contributed by atoms with Gasteiger partial charge in [0.1, 0.15) is 11.4 Å². The van der Waals surface area contributed by atoms with Crippen LogP contribution in [-0.4, -0.2) is 45.9 Å². The summed E-state index contributed by atoms with van der Waals surface area (Å²) in [6.45, 7) is 0. The second kappa shape index (κ2) is 17.7. The molecular formula is C59H42N6O5. The first-order valence-electron chi connectivity index (χ1n) is 22.6. The van der Waals surface area contributed by atoms with Crippen LogP contribution in [0.1, 0.15) is 36.6 Å². The van der Waals surface area contributed by atoms with Gasteiger partial charge in [0.15, 0.2) is 17.3 Å². The van der Waals surface area contributed by atoms with Crippen LogP contribution in [-0.2, 0) is 0 Å². The van der Waals surface area contributed by atoms with E-state index in [0.717, 1.165) is 65.6 Å². The Balaban J connectivity index is 0.896. The molecule has 10 aromatic rings. The molecule has 1 aliphatic carbocycles. The standard InChI is InChI=1S/C59H42N6O5/c1-64(51-25-13-19-35-15-5-9-21-41(35)51)58(67)49-31-37-17-7-11-23-43(37)53(56(49)69-3)62-60-39-27-29-45-46-30-28-40(34-48(46)55(66)47(45)33-39)61-63-54-44-24-12-8-18-38(44)32-50(57(54)70-4)59(68)65(2)52-26-14-20-36-16-6-10-22-42(36)52/h5-34H,1-4H3. The maximum absolute atomic E-state index is 14.4. The molecule has 0 aromatic heterocycles. The lowest BCUT2D eigenvalue weighted by molar-refractivity contribution is 0.0982. The number of fused-ring (bicyclic) bond motifs is 7. The summed E-state index contributed by atoms with van der Waals surface area (Å²) in [6.07, 6.45) is 0. The molecule has 0 aliphatic heterocycles. The van der Waals surface area contributed by atoms with Crippen molar-refractivity contribution in [3.63, 3.8) is 0 Å². The molecule has 0 radical (unpaired) electrons. The maximum Gasteiger partial charge on any atom is 0.261 e. The first kappa shape index (κ1) is 43.2. The normalized spacial score (nSPS) is 12.0. The van der Waals surface area contributed by atoms with Crippen molar-refractivity contribution >= 4 is 94.8 Å². The van der Waals surface area contributed by atoms with Gasteiger partial charge in [-0.1, -0.05) is 133 Å². The van der Waals surface area contributed by atoms with Crippen LogP contribution in [0.15, 0.2) is 202 Å². The van der Waals surface area contributed by atoms with Gasteiger partial charge in [0.25, 0.3) is 11.8 Å². The zero-order valence-corrected chi connectivity index (χ0v) is 38.5. The highest BCUT2D eigenvalue weighted by Crippen LogP contribution is 2.45. The third-order valence-corrected chi connectivity index (χ3v) is 13.0. The molecule has 11 nitrogen and oxygen atoms in total. The van der Waals surface area contributed by atoms with Crippen LogP contribution in [0.2, 0.25) is 0 Å². The van der Waals surface area contributed by atoms with Crippen LogP contribution >= 0.6 is 0 Å². The number of nitrogens with zero attached hydrogens (tertiary/aromatic N) is 6. The first-order chi connectivity index (χ1) is 34.2. The summed E-state index contributed by atoms with van der Waals surface area (Å²) in [5, 5.41) is 25.7. The van der Waals surface area contributed by atoms with Gasteiger partial charge in [0.2, 0.25) is 0 Å². The summed E-state index contributed by atoms with van der Waals surface area (Å²) < 4.78 is 11.9. The van der Waals surface area contributed by atoms with E-state index in [1.165, 1.54) is 14.2 Å². The molecule has 1 aliphatic rings. The van der Waals surface area contributed by atoms with E-state index in [9.17, 15) is 14.4 Å². The van der Waals surface area contributed by atoms with Gasteiger partial charge in [-0.2, -0.15) is 10.2 Å². The van der Waals surface area contributed by atoms with Crippen molar-refractivity contribution in [2.75, 3.05) is 38.1 Å². The molecular weight excluding hydrogens is 873 g/mol. The van der Waals surface area contributed by atoms with Crippen LogP contribution in [0.4, 0.5) is 34.1 Å². The molecule has 11 rings (SSSR count). The minimum absolute atomic E-state index is 0.196. The summed E-state index contributed by atoms with van der Waals surface area (Å²) in [6, 6.07) is 57.3. The van der Waals surface area contributed by atoms with Crippen molar-refractivity contribution in [3.8, 4) is 22.6 Å². The van der Waals surface area contributed by atoms with Crippen molar-refractivity contribution in [1.29, 1.82) is 0 Å². The Bertz CT molecular complexity index is 3620. The monoisotopic (exact) mass is 914 g/mol. The summed E-state index contributed by atoms with van der Waals surface area (Å²) in [7, 11) is 6.53. The lowest BCUT2D eigenvalue weighted by Crippen LogP contribution is -2.27. The fourth-order valence-electron chi connectivity index (χ4n) is 9.53. The molecule has 0 heterocycles. The number of anilines is 2. The fourth-order valence-corrected chi connectivity index (χ4v) is 9.53. The second-order valence-electron chi connectivity index (χ2n) is 17.0. The van der Waals surface area contributed by atoms with Gasteiger partial charge < -0.3 is 19.3 Å². The lowest BCUT2D eigenvalue weighted by Gasteiger charge is -2.21. The molecule has 10 aromatic carbocycles. The maximum atomic E-state index is 14.4. The molecule has 11 heteroatoms. The molecule has 0 fully saturated rings. The van der Waals surface area contributed by atoms with E-state index in [2.05, 4.69) is 10.2 Å². The van der Waals surface area contributed by atoms with Gasteiger partial charge in [-0.05, 0) is 81.2 Å². The average Bonchev–Trinajstić information content (AvgIpc) is 3.69. The lowest BCUT2D eigenvalue weighted by atomic mass is 10.0. The highest BCUT2D eigenvalue weighted by Gasteiger charge is 2.29. The van der Waals surface area contributed by atoms with Gasteiger partial charge in [-0.25, -0.2) is 0 Å². The molecule has 0 atom stereocenters. The highest BCUT2D eigenvalue weighted by atomic mass is 16.5. The fraction of sp³-hybridized carbons (Fsp3) is 0.0678. The highest BCUT2D eigenvalue weighted by molar-refractivity contribution is 6.22. The average molecular weight is 915 g/mol. The number of benzene rings is 10. The van der Waals surface area contributed by atoms with E-state index in [-0.39, 0.29) is 29.1 Å². The first-order valence-corrected chi connectivity index (χ1v) is 22.6. The zero-order valence-electron chi connectivity index (χ0n) is 38.5. The van der Waals surface area contributed by atoms with Gasteiger partial charge in [-0.15, -0.1) is 10.2 Å². The molecule has 0 saturated heterocycles.